The molecule has 1 aromatic heterocycles. The van der Waals surface area contributed by atoms with Crippen LogP contribution in [0.5, 0.6) is 0 Å². The second kappa shape index (κ2) is 7.57. The lowest BCUT2D eigenvalue weighted by atomic mass is 10.2. The molecule has 0 aliphatic carbocycles. The molecule has 0 radical (unpaired) electrons. The van der Waals surface area contributed by atoms with Crippen molar-refractivity contribution in [3.8, 4) is 0 Å². The van der Waals surface area contributed by atoms with Crippen LogP contribution in [-0.2, 0) is 0 Å². The molecule has 7 nitrogen and oxygen atoms in total. The van der Waals surface area contributed by atoms with Crippen LogP contribution in [0, 0.1) is 0 Å². The molecule has 0 saturated heterocycles. The molecule has 0 saturated carbocycles. The first kappa shape index (κ1) is 15.2. The lowest BCUT2D eigenvalue weighted by Gasteiger charge is -2.06. The number of nitrogens with zero attached hydrogens (tertiary/aromatic N) is 1. The highest BCUT2D eigenvalue weighted by molar-refractivity contribution is 7.11. The van der Waals surface area contributed by atoms with Crippen molar-refractivity contribution in [2.24, 2.45) is 5.73 Å². The number of hydrogen-bond acceptors (Lipinski definition) is 5. The van der Waals surface area contributed by atoms with Crippen LogP contribution in [0.1, 0.15) is 36.5 Å². The average molecular weight is 285 g/mol. The van der Waals surface area contributed by atoms with Crippen molar-refractivity contribution in [2.45, 2.75) is 26.2 Å². The Hall–Kier alpha value is -1.83. The fourth-order valence-corrected chi connectivity index (χ4v) is 2.24. The molecule has 0 aromatic carbocycles. The summed E-state index contributed by atoms with van der Waals surface area (Å²) < 4.78 is 4.11. The number of unbranched alkanes of at least 4 members (excludes halogenated alkanes) is 2. The monoisotopic (exact) mass is 285 g/mol. The van der Waals surface area contributed by atoms with Crippen LogP contribution < -0.4 is 21.7 Å². The van der Waals surface area contributed by atoms with Crippen molar-refractivity contribution in [2.75, 3.05) is 24.2 Å². The molecule has 0 bridgehead atoms. The third-order valence-corrected chi connectivity index (χ3v) is 3.23. The summed E-state index contributed by atoms with van der Waals surface area (Å²) in [6, 6.07) is -0.413. The first-order valence-electron chi connectivity index (χ1n) is 6.12. The molecule has 0 atom stereocenters. The molecular formula is C11H19N5O2S. The Balaban J connectivity index is 2.76. The predicted octanol–water partition coefficient (Wildman–Crippen LogP) is 1.60. The summed E-state index contributed by atoms with van der Waals surface area (Å²) in [7, 11) is 1.49. The SMILES string of the molecule is CCCCCNc1nsc(NC(=O)NC)c1C(N)=O. The Morgan fingerprint density at radius 2 is 2.11 bits per heavy atom. The molecule has 1 rings (SSSR count). The first-order chi connectivity index (χ1) is 9.10. The maximum absolute atomic E-state index is 11.4. The summed E-state index contributed by atoms with van der Waals surface area (Å²) >= 11 is 1.03. The molecule has 0 fully saturated rings. The predicted molar refractivity (Wildman–Crippen MR) is 76.7 cm³/mol. The number of hydrogen-bond donors (Lipinski definition) is 4. The Labute approximate surface area is 116 Å². The second-order valence-electron chi connectivity index (χ2n) is 3.94. The van der Waals surface area contributed by atoms with Gasteiger partial charge in [-0.25, -0.2) is 4.79 Å². The lowest BCUT2D eigenvalue weighted by molar-refractivity contribution is 0.100. The van der Waals surface area contributed by atoms with Crippen molar-refractivity contribution in [3.05, 3.63) is 5.56 Å². The molecule has 0 unspecified atom stereocenters. The number of aromatic nitrogens is 1. The Morgan fingerprint density at radius 3 is 2.68 bits per heavy atom. The summed E-state index contributed by atoms with van der Waals surface area (Å²) in [4.78, 5) is 22.7. The third-order valence-electron chi connectivity index (χ3n) is 2.47. The van der Waals surface area contributed by atoms with E-state index in [9.17, 15) is 9.59 Å². The Bertz CT molecular complexity index is 446. The minimum Gasteiger partial charge on any atom is -0.368 e. The molecule has 19 heavy (non-hydrogen) atoms. The normalized spacial score (nSPS) is 10.0. The van der Waals surface area contributed by atoms with E-state index in [0.717, 1.165) is 37.3 Å². The highest BCUT2D eigenvalue weighted by Crippen LogP contribution is 2.28. The van der Waals surface area contributed by atoms with Gasteiger partial charge in [-0.05, 0) is 18.0 Å². The van der Waals surface area contributed by atoms with Crippen LogP contribution in [0.25, 0.3) is 0 Å². The van der Waals surface area contributed by atoms with Crippen molar-refractivity contribution >= 4 is 34.3 Å². The van der Waals surface area contributed by atoms with Crippen LogP contribution in [-0.4, -0.2) is 29.9 Å². The van der Waals surface area contributed by atoms with E-state index in [1.165, 1.54) is 7.05 Å². The number of anilines is 2. The van der Waals surface area contributed by atoms with Gasteiger partial charge in [-0.2, -0.15) is 4.37 Å². The molecule has 8 heteroatoms. The van der Waals surface area contributed by atoms with E-state index in [4.69, 9.17) is 5.73 Å². The zero-order chi connectivity index (χ0) is 14.3. The highest BCUT2D eigenvalue weighted by atomic mass is 32.1. The Morgan fingerprint density at radius 1 is 1.37 bits per heavy atom. The molecule has 5 N–H and O–H groups in total. The zero-order valence-electron chi connectivity index (χ0n) is 11.1. The first-order valence-corrected chi connectivity index (χ1v) is 6.89. The molecular weight excluding hydrogens is 266 g/mol. The van der Waals surface area contributed by atoms with Gasteiger partial charge in [0.05, 0.1) is 0 Å². The van der Waals surface area contributed by atoms with Gasteiger partial charge in [0, 0.05) is 13.6 Å². The fourth-order valence-electron chi connectivity index (χ4n) is 1.47. The second-order valence-corrected chi connectivity index (χ2v) is 4.71. The van der Waals surface area contributed by atoms with Crippen LogP contribution >= 0.6 is 11.5 Å². The summed E-state index contributed by atoms with van der Waals surface area (Å²) in [5.74, 6) is -0.182. The molecule has 1 aromatic rings. The number of nitrogens with two attached hydrogens (primary N) is 1. The molecule has 0 aliphatic rings. The maximum atomic E-state index is 11.4. The van der Waals surface area contributed by atoms with Gasteiger partial charge in [0.2, 0.25) is 0 Å². The summed E-state index contributed by atoms with van der Waals surface area (Å²) in [6.07, 6.45) is 3.21. The number of carbonyl (C=O) groups is 2. The average Bonchev–Trinajstić information content (AvgIpc) is 2.77. The van der Waals surface area contributed by atoms with E-state index >= 15 is 0 Å². The van der Waals surface area contributed by atoms with Gasteiger partial charge in [0.1, 0.15) is 10.6 Å². The summed E-state index contributed by atoms with van der Waals surface area (Å²) in [6.45, 7) is 2.83. The number of amides is 3. The zero-order valence-corrected chi connectivity index (χ0v) is 11.9. The molecule has 106 valence electrons. The van der Waals surface area contributed by atoms with E-state index < -0.39 is 11.9 Å². The van der Waals surface area contributed by atoms with Crippen LogP contribution in [0.15, 0.2) is 0 Å². The minimum absolute atomic E-state index is 0.227. The van der Waals surface area contributed by atoms with Crippen LogP contribution in [0.2, 0.25) is 0 Å². The van der Waals surface area contributed by atoms with Gasteiger partial charge in [-0.1, -0.05) is 19.8 Å². The van der Waals surface area contributed by atoms with Crippen molar-refractivity contribution in [3.63, 3.8) is 0 Å². The number of rotatable bonds is 7. The fraction of sp³-hybridized carbons (Fsp3) is 0.545. The molecule has 3 amide bonds. The maximum Gasteiger partial charge on any atom is 0.319 e. The van der Waals surface area contributed by atoms with Crippen LogP contribution in [0.4, 0.5) is 15.6 Å². The quantitative estimate of drug-likeness (QED) is 0.570. The number of primary amides is 1. The van der Waals surface area contributed by atoms with Crippen molar-refractivity contribution in [1.29, 1.82) is 0 Å². The largest absolute Gasteiger partial charge is 0.368 e. The van der Waals surface area contributed by atoms with E-state index in [-0.39, 0.29) is 5.56 Å². The lowest BCUT2D eigenvalue weighted by Crippen LogP contribution is -2.25. The standard InChI is InChI=1S/C11H19N5O2S/c1-3-4-5-6-14-9-7(8(12)17)10(19-16-9)15-11(18)13-2/h3-6H2,1-2H3,(H2,12,17)(H,14,16)(H2,13,15,18). The van der Waals surface area contributed by atoms with Gasteiger partial charge >= 0.3 is 6.03 Å². The van der Waals surface area contributed by atoms with Crippen molar-refractivity contribution in [1.82, 2.24) is 9.69 Å². The number of carbonyl (C=O) groups excluding carboxylic acids is 2. The van der Waals surface area contributed by atoms with E-state index in [1.807, 2.05) is 0 Å². The van der Waals surface area contributed by atoms with E-state index in [0.29, 0.717) is 10.8 Å². The molecule has 0 aliphatic heterocycles. The van der Waals surface area contributed by atoms with Gasteiger partial charge in [0.25, 0.3) is 5.91 Å². The van der Waals surface area contributed by atoms with Gasteiger partial charge in [-0.3, -0.25) is 10.1 Å². The molecule has 0 spiro atoms. The summed E-state index contributed by atoms with van der Waals surface area (Å²) in [5, 5.41) is 8.35. The van der Waals surface area contributed by atoms with E-state index in [2.05, 4.69) is 27.2 Å². The van der Waals surface area contributed by atoms with Gasteiger partial charge in [0.15, 0.2) is 5.82 Å². The van der Waals surface area contributed by atoms with Crippen LogP contribution in [0.3, 0.4) is 0 Å². The van der Waals surface area contributed by atoms with E-state index in [1.54, 1.807) is 0 Å². The number of nitrogens with one attached hydrogen (secondary N) is 3. The topological polar surface area (TPSA) is 109 Å². The summed E-state index contributed by atoms with van der Waals surface area (Å²) in [5.41, 5.74) is 5.55. The third kappa shape index (κ3) is 4.40. The van der Waals surface area contributed by atoms with Gasteiger partial charge in [-0.15, -0.1) is 0 Å². The smallest absolute Gasteiger partial charge is 0.319 e. The molecule has 1 heterocycles. The Kier molecular flexibility index (Phi) is 6.07. The highest BCUT2D eigenvalue weighted by Gasteiger charge is 2.19. The van der Waals surface area contributed by atoms with Gasteiger partial charge < -0.3 is 16.4 Å². The minimum atomic E-state index is -0.613. The van der Waals surface area contributed by atoms with Crippen molar-refractivity contribution < 1.29 is 9.59 Å². The number of urea groups is 1.